The molecule has 0 saturated carbocycles. The van der Waals surface area contributed by atoms with Crippen molar-refractivity contribution in [3.63, 3.8) is 0 Å². The summed E-state index contributed by atoms with van der Waals surface area (Å²) in [6.07, 6.45) is -0.698. The molecule has 1 rings (SSSR count). The second-order valence-electron chi connectivity index (χ2n) is 1.76. The van der Waals surface area contributed by atoms with Crippen LogP contribution in [0.2, 0.25) is 0 Å². The Hall–Kier alpha value is -0.380. The van der Waals surface area contributed by atoms with E-state index < -0.39 is 6.10 Å². The van der Waals surface area contributed by atoms with Crippen LogP contribution in [0, 0.1) is 0 Å². The lowest BCUT2D eigenvalue weighted by Gasteiger charge is -2.01. The van der Waals surface area contributed by atoms with E-state index in [0.717, 1.165) is 5.56 Å². The molecule has 0 bridgehead atoms. The van der Waals surface area contributed by atoms with Gasteiger partial charge in [0.15, 0.2) is 0 Å². The Morgan fingerprint density at radius 1 is 1.67 bits per heavy atom. The van der Waals surface area contributed by atoms with E-state index in [9.17, 15) is 0 Å². The first-order chi connectivity index (χ1) is 4.34. The van der Waals surface area contributed by atoms with Gasteiger partial charge >= 0.3 is 0 Å². The molecule has 50 valence electrons. The van der Waals surface area contributed by atoms with Crippen molar-refractivity contribution in [1.82, 2.24) is 0 Å². The molecule has 0 aliphatic rings. The molecule has 1 aromatic rings. The Balaban J connectivity index is 2.65. The molecule has 0 aliphatic heterocycles. The summed E-state index contributed by atoms with van der Waals surface area (Å²) in [6, 6.07) is 1.80. The fourth-order valence-corrected chi connectivity index (χ4v) is 1.28. The number of aliphatic hydroxyl groups excluding tert-OH is 2. The Kier molecular flexibility index (Phi) is 2.22. The Labute approximate surface area is 57.4 Å². The molecule has 1 unspecified atom stereocenters. The Bertz CT molecular complexity index is 160. The Morgan fingerprint density at radius 2 is 2.44 bits per heavy atom. The number of aliphatic hydroxyl groups is 2. The molecule has 0 fully saturated rings. The van der Waals surface area contributed by atoms with E-state index in [1.807, 2.05) is 10.8 Å². The SMILES string of the molecule is OCC(O)c1ccsc1. The van der Waals surface area contributed by atoms with E-state index in [2.05, 4.69) is 0 Å². The van der Waals surface area contributed by atoms with E-state index in [-0.39, 0.29) is 6.61 Å². The number of hydrogen-bond donors (Lipinski definition) is 2. The zero-order chi connectivity index (χ0) is 6.69. The van der Waals surface area contributed by atoms with Crippen molar-refractivity contribution in [3.8, 4) is 0 Å². The van der Waals surface area contributed by atoms with Crippen molar-refractivity contribution in [3.05, 3.63) is 22.4 Å². The first kappa shape index (κ1) is 6.74. The molecular weight excluding hydrogens is 136 g/mol. The van der Waals surface area contributed by atoms with Crippen LogP contribution in [0.1, 0.15) is 11.7 Å². The van der Waals surface area contributed by atoms with Gasteiger partial charge in [-0.1, -0.05) is 0 Å². The quantitative estimate of drug-likeness (QED) is 0.643. The standard InChI is InChI=1S/C6H8O2S/c7-3-6(8)5-1-2-9-4-5/h1-2,4,6-8H,3H2. The maximum Gasteiger partial charge on any atom is 0.103 e. The third-order valence-corrected chi connectivity index (χ3v) is 1.80. The third-order valence-electron chi connectivity index (χ3n) is 1.10. The van der Waals surface area contributed by atoms with Gasteiger partial charge < -0.3 is 10.2 Å². The van der Waals surface area contributed by atoms with Gasteiger partial charge in [-0.15, -0.1) is 0 Å². The summed E-state index contributed by atoms with van der Waals surface area (Å²) in [5.74, 6) is 0. The maximum atomic E-state index is 8.97. The smallest absolute Gasteiger partial charge is 0.103 e. The summed E-state index contributed by atoms with van der Waals surface area (Å²) in [5.41, 5.74) is 0.794. The molecule has 0 amide bonds. The largest absolute Gasteiger partial charge is 0.393 e. The number of rotatable bonds is 2. The normalized spacial score (nSPS) is 13.6. The van der Waals surface area contributed by atoms with Gasteiger partial charge in [0.25, 0.3) is 0 Å². The lowest BCUT2D eigenvalue weighted by molar-refractivity contribution is 0.0959. The van der Waals surface area contributed by atoms with Gasteiger partial charge in [0.1, 0.15) is 6.10 Å². The molecular formula is C6H8O2S. The summed E-state index contributed by atoms with van der Waals surface area (Å²) in [7, 11) is 0. The summed E-state index contributed by atoms with van der Waals surface area (Å²) in [5, 5.41) is 21.1. The summed E-state index contributed by atoms with van der Waals surface area (Å²) >= 11 is 1.51. The fraction of sp³-hybridized carbons (Fsp3) is 0.333. The number of hydrogen-bond acceptors (Lipinski definition) is 3. The molecule has 9 heavy (non-hydrogen) atoms. The van der Waals surface area contributed by atoms with Crippen LogP contribution in [0.5, 0.6) is 0 Å². The highest BCUT2D eigenvalue weighted by atomic mass is 32.1. The highest BCUT2D eigenvalue weighted by Crippen LogP contribution is 2.14. The minimum atomic E-state index is -0.698. The van der Waals surface area contributed by atoms with Crippen LogP contribution < -0.4 is 0 Å². The van der Waals surface area contributed by atoms with Gasteiger partial charge in [-0.25, -0.2) is 0 Å². The maximum absolute atomic E-state index is 8.97. The van der Waals surface area contributed by atoms with Gasteiger partial charge in [-0.3, -0.25) is 0 Å². The third kappa shape index (κ3) is 1.51. The van der Waals surface area contributed by atoms with E-state index in [1.165, 1.54) is 11.3 Å². The van der Waals surface area contributed by atoms with Gasteiger partial charge in [0.05, 0.1) is 6.61 Å². The molecule has 1 aromatic heterocycles. The average molecular weight is 144 g/mol. The van der Waals surface area contributed by atoms with Crippen LogP contribution in [0.15, 0.2) is 16.8 Å². The predicted octanol–water partition coefficient (Wildman–Crippen LogP) is 0.774. The zero-order valence-electron chi connectivity index (χ0n) is 4.82. The fourth-order valence-electron chi connectivity index (χ4n) is 0.570. The minimum absolute atomic E-state index is 0.198. The van der Waals surface area contributed by atoms with E-state index >= 15 is 0 Å². The lowest BCUT2D eigenvalue weighted by atomic mass is 10.2. The summed E-state index contributed by atoms with van der Waals surface area (Å²) in [6.45, 7) is -0.198. The minimum Gasteiger partial charge on any atom is -0.393 e. The molecule has 1 heterocycles. The van der Waals surface area contributed by atoms with Crippen LogP contribution in [0.3, 0.4) is 0 Å². The monoisotopic (exact) mass is 144 g/mol. The second kappa shape index (κ2) is 2.96. The van der Waals surface area contributed by atoms with Crippen LogP contribution in [-0.4, -0.2) is 16.8 Å². The molecule has 2 nitrogen and oxygen atoms in total. The number of thiophene rings is 1. The highest BCUT2D eigenvalue weighted by molar-refractivity contribution is 7.07. The molecule has 0 aliphatic carbocycles. The summed E-state index contributed by atoms with van der Waals surface area (Å²) < 4.78 is 0. The molecule has 0 spiro atoms. The van der Waals surface area contributed by atoms with Crippen LogP contribution >= 0.6 is 11.3 Å². The average Bonchev–Trinajstić information content (AvgIpc) is 2.37. The van der Waals surface area contributed by atoms with Crippen molar-refractivity contribution in [2.45, 2.75) is 6.10 Å². The zero-order valence-corrected chi connectivity index (χ0v) is 5.64. The van der Waals surface area contributed by atoms with Gasteiger partial charge in [-0.05, 0) is 22.4 Å². The lowest BCUT2D eigenvalue weighted by Crippen LogP contribution is -1.99. The summed E-state index contributed by atoms with van der Waals surface area (Å²) in [4.78, 5) is 0. The second-order valence-corrected chi connectivity index (χ2v) is 2.54. The van der Waals surface area contributed by atoms with Crippen molar-refractivity contribution in [1.29, 1.82) is 0 Å². The van der Waals surface area contributed by atoms with E-state index in [4.69, 9.17) is 10.2 Å². The molecule has 0 saturated heterocycles. The van der Waals surface area contributed by atoms with Crippen molar-refractivity contribution < 1.29 is 10.2 Å². The van der Waals surface area contributed by atoms with Gasteiger partial charge in [-0.2, -0.15) is 11.3 Å². The van der Waals surface area contributed by atoms with E-state index in [1.54, 1.807) is 6.07 Å². The topological polar surface area (TPSA) is 40.5 Å². The van der Waals surface area contributed by atoms with Crippen LogP contribution in [0.4, 0.5) is 0 Å². The molecule has 2 N–H and O–H groups in total. The van der Waals surface area contributed by atoms with Crippen molar-refractivity contribution in [2.75, 3.05) is 6.61 Å². The Morgan fingerprint density at radius 3 is 2.89 bits per heavy atom. The van der Waals surface area contributed by atoms with Crippen LogP contribution in [0.25, 0.3) is 0 Å². The molecule has 0 radical (unpaired) electrons. The van der Waals surface area contributed by atoms with Crippen molar-refractivity contribution in [2.24, 2.45) is 0 Å². The first-order valence-corrected chi connectivity index (χ1v) is 3.60. The molecule has 3 heteroatoms. The van der Waals surface area contributed by atoms with Crippen molar-refractivity contribution >= 4 is 11.3 Å². The molecule has 0 aromatic carbocycles. The van der Waals surface area contributed by atoms with E-state index in [0.29, 0.717) is 0 Å². The predicted molar refractivity (Wildman–Crippen MR) is 36.4 cm³/mol. The van der Waals surface area contributed by atoms with Gasteiger partial charge in [0.2, 0.25) is 0 Å². The molecule has 1 atom stereocenters. The highest BCUT2D eigenvalue weighted by Gasteiger charge is 2.03. The van der Waals surface area contributed by atoms with Crippen LogP contribution in [-0.2, 0) is 0 Å². The van der Waals surface area contributed by atoms with Gasteiger partial charge in [0, 0.05) is 0 Å². The first-order valence-electron chi connectivity index (χ1n) is 2.65.